The Labute approximate surface area is 94.6 Å². The van der Waals surface area contributed by atoms with Crippen LogP contribution in [-0.2, 0) is 0 Å². The predicted molar refractivity (Wildman–Crippen MR) is 66.5 cm³/mol. The van der Waals surface area contributed by atoms with Crippen molar-refractivity contribution in [3.8, 4) is 0 Å². The minimum Gasteiger partial charge on any atom is -0.358 e. The minimum absolute atomic E-state index is 0.498. The predicted octanol–water partition coefficient (Wildman–Crippen LogP) is 3.81. The fraction of sp³-hybridized carbons (Fsp3) is 0.923. The van der Waals surface area contributed by atoms with Crippen molar-refractivity contribution in [1.29, 1.82) is 5.41 Å². The molecule has 0 spiro atoms. The summed E-state index contributed by atoms with van der Waals surface area (Å²) >= 11 is 0. The maximum Gasteiger partial charge on any atom is 0.0959 e. The summed E-state index contributed by atoms with van der Waals surface area (Å²) in [5, 5.41) is 8.08. The summed E-state index contributed by atoms with van der Waals surface area (Å²) in [4.78, 5) is 2.28. The lowest BCUT2D eigenvalue weighted by Crippen LogP contribution is -2.37. The first-order chi connectivity index (χ1) is 7.22. The van der Waals surface area contributed by atoms with Crippen LogP contribution in [0, 0.1) is 5.41 Å². The van der Waals surface area contributed by atoms with E-state index in [1.807, 2.05) is 0 Å². The van der Waals surface area contributed by atoms with Gasteiger partial charge in [0.2, 0.25) is 0 Å². The van der Waals surface area contributed by atoms with Crippen molar-refractivity contribution in [2.75, 3.05) is 6.54 Å². The topological polar surface area (TPSA) is 27.1 Å². The minimum atomic E-state index is 0.498. The molecule has 0 aromatic rings. The van der Waals surface area contributed by atoms with Gasteiger partial charge in [-0.2, -0.15) is 0 Å². The molecule has 0 unspecified atom stereocenters. The molecule has 1 heterocycles. The highest BCUT2D eigenvalue weighted by Crippen LogP contribution is 2.14. The summed E-state index contributed by atoms with van der Waals surface area (Å²) in [5.74, 6) is 0.868. The Balaban J connectivity index is 2.46. The molecule has 2 nitrogen and oxygen atoms in total. The second-order valence-electron chi connectivity index (χ2n) is 4.96. The Bertz CT molecular complexity index is 187. The van der Waals surface area contributed by atoms with Crippen LogP contribution in [0.4, 0.5) is 0 Å². The van der Waals surface area contributed by atoms with Crippen molar-refractivity contribution >= 4 is 5.84 Å². The molecule has 0 amide bonds. The Morgan fingerprint density at radius 3 is 2.07 bits per heavy atom. The van der Waals surface area contributed by atoms with E-state index in [1.54, 1.807) is 0 Å². The van der Waals surface area contributed by atoms with Crippen LogP contribution in [0.5, 0.6) is 0 Å². The smallest absolute Gasteiger partial charge is 0.0959 e. The lowest BCUT2D eigenvalue weighted by Gasteiger charge is -2.29. The van der Waals surface area contributed by atoms with Gasteiger partial charge in [-0.15, -0.1) is 0 Å². The van der Waals surface area contributed by atoms with Crippen molar-refractivity contribution in [3.63, 3.8) is 0 Å². The molecule has 2 heteroatoms. The number of hydrogen-bond donors (Lipinski definition) is 1. The van der Waals surface area contributed by atoms with Crippen molar-refractivity contribution in [2.45, 2.75) is 71.3 Å². The molecule has 0 aliphatic carbocycles. The molecular formula is C13H26N2. The lowest BCUT2D eigenvalue weighted by atomic mass is 10.1. The van der Waals surface area contributed by atoms with Gasteiger partial charge in [0.25, 0.3) is 0 Å². The molecule has 1 fully saturated rings. The van der Waals surface area contributed by atoms with E-state index in [4.69, 9.17) is 5.41 Å². The molecule has 1 rings (SSSR count). The van der Waals surface area contributed by atoms with Crippen molar-refractivity contribution in [3.05, 3.63) is 0 Å². The summed E-state index contributed by atoms with van der Waals surface area (Å²) in [6, 6.07) is 0.498. The third-order valence-corrected chi connectivity index (χ3v) is 3.28. The Kier molecular flexibility index (Phi) is 5.74. The maximum absolute atomic E-state index is 8.08. The highest BCUT2D eigenvalue weighted by atomic mass is 15.2. The standard InChI is InChI=1S/C13H26N2/c1-12(2)15-11-9-7-5-3-4-6-8-10-13(15)14/h12,14H,3-11H2,1-2H3. The average molecular weight is 210 g/mol. The van der Waals surface area contributed by atoms with Crippen LogP contribution in [0.2, 0.25) is 0 Å². The van der Waals surface area contributed by atoms with E-state index in [9.17, 15) is 0 Å². The molecule has 0 atom stereocenters. The molecule has 0 saturated carbocycles. The van der Waals surface area contributed by atoms with Crippen LogP contribution < -0.4 is 0 Å². The van der Waals surface area contributed by atoms with E-state index >= 15 is 0 Å². The quantitative estimate of drug-likeness (QED) is 0.700. The van der Waals surface area contributed by atoms with Gasteiger partial charge in [0, 0.05) is 19.0 Å². The molecule has 0 aromatic carbocycles. The lowest BCUT2D eigenvalue weighted by molar-refractivity contribution is 0.331. The average Bonchev–Trinajstić information content (AvgIpc) is 2.23. The van der Waals surface area contributed by atoms with Gasteiger partial charge in [0.1, 0.15) is 0 Å². The molecule has 0 aromatic heterocycles. The van der Waals surface area contributed by atoms with Gasteiger partial charge in [-0.1, -0.05) is 32.1 Å². The summed E-state index contributed by atoms with van der Waals surface area (Å²) < 4.78 is 0. The first kappa shape index (κ1) is 12.5. The number of rotatable bonds is 1. The Hall–Kier alpha value is -0.530. The van der Waals surface area contributed by atoms with E-state index in [1.165, 1.54) is 44.9 Å². The van der Waals surface area contributed by atoms with E-state index in [0.29, 0.717) is 6.04 Å². The van der Waals surface area contributed by atoms with Gasteiger partial charge in [-0.05, 0) is 26.7 Å². The molecule has 0 bridgehead atoms. The maximum atomic E-state index is 8.08. The largest absolute Gasteiger partial charge is 0.358 e. The highest BCUT2D eigenvalue weighted by molar-refractivity contribution is 5.79. The van der Waals surface area contributed by atoms with Crippen molar-refractivity contribution in [2.24, 2.45) is 0 Å². The van der Waals surface area contributed by atoms with Crippen LogP contribution in [0.25, 0.3) is 0 Å². The first-order valence-corrected chi connectivity index (χ1v) is 6.56. The number of amidine groups is 1. The summed E-state index contributed by atoms with van der Waals surface area (Å²) in [5.41, 5.74) is 0. The molecule has 15 heavy (non-hydrogen) atoms. The molecular weight excluding hydrogens is 184 g/mol. The van der Waals surface area contributed by atoms with Crippen LogP contribution in [0.3, 0.4) is 0 Å². The van der Waals surface area contributed by atoms with E-state index in [2.05, 4.69) is 18.7 Å². The number of hydrogen-bond acceptors (Lipinski definition) is 1. The zero-order chi connectivity index (χ0) is 11.1. The Morgan fingerprint density at radius 2 is 1.47 bits per heavy atom. The van der Waals surface area contributed by atoms with Crippen LogP contribution in [0.15, 0.2) is 0 Å². The fourth-order valence-corrected chi connectivity index (χ4v) is 2.31. The Morgan fingerprint density at radius 1 is 0.933 bits per heavy atom. The van der Waals surface area contributed by atoms with Gasteiger partial charge in [0.15, 0.2) is 0 Å². The third-order valence-electron chi connectivity index (χ3n) is 3.28. The molecule has 1 saturated heterocycles. The van der Waals surface area contributed by atoms with Gasteiger partial charge < -0.3 is 4.90 Å². The molecule has 0 radical (unpaired) electrons. The van der Waals surface area contributed by atoms with Gasteiger partial charge >= 0.3 is 0 Å². The number of nitrogens with one attached hydrogen (secondary N) is 1. The summed E-state index contributed by atoms with van der Waals surface area (Å²) in [7, 11) is 0. The van der Waals surface area contributed by atoms with E-state index in [-0.39, 0.29) is 0 Å². The molecule has 1 aliphatic rings. The summed E-state index contributed by atoms with van der Waals surface area (Å²) in [6.07, 6.45) is 10.3. The second kappa shape index (κ2) is 6.86. The van der Waals surface area contributed by atoms with Crippen LogP contribution >= 0.6 is 0 Å². The molecule has 88 valence electrons. The SMILES string of the molecule is CC(C)N1CCCCCCCCCC1=N. The summed E-state index contributed by atoms with van der Waals surface area (Å²) in [6.45, 7) is 5.50. The van der Waals surface area contributed by atoms with Gasteiger partial charge in [-0.25, -0.2) is 0 Å². The van der Waals surface area contributed by atoms with Gasteiger partial charge in [0.05, 0.1) is 5.84 Å². The van der Waals surface area contributed by atoms with E-state index < -0.39 is 0 Å². The second-order valence-corrected chi connectivity index (χ2v) is 4.96. The van der Waals surface area contributed by atoms with E-state index in [0.717, 1.165) is 18.8 Å². The normalized spacial score (nSPS) is 21.5. The van der Waals surface area contributed by atoms with Crippen LogP contribution in [-0.4, -0.2) is 23.3 Å². The van der Waals surface area contributed by atoms with Gasteiger partial charge in [-0.3, -0.25) is 5.41 Å². The third kappa shape index (κ3) is 4.67. The monoisotopic (exact) mass is 210 g/mol. The zero-order valence-corrected chi connectivity index (χ0v) is 10.4. The molecule has 1 aliphatic heterocycles. The van der Waals surface area contributed by atoms with Crippen molar-refractivity contribution in [1.82, 2.24) is 4.90 Å². The first-order valence-electron chi connectivity index (χ1n) is 6.56. The zero-order valence-electron chi connectivity index (χ0n) is 10.4. The number of nitrogens with zero attached hydrogens (tertiary/aromatic N) is 1. The van der Waals surface area contributed by atoms with Crippen LogP contribution in [0.1, 0.15) is 65.2 Å². The molecule has 1 N–H and O–H groups in total. The fourth-order valence-electron chi connectivity index (χ4n) is 2.31. The highest BCUT2D eigenvalue weighted by Gasteiger charge is 2.13. The van der Waals surface area contributed by atoms with Crippen molar-refractivity contribution < 1.29 is 0 Å².